The molecule has 100 valence electrons. The average Bonchev–Trinajstić information content (AvgIpc) is 2.76. The van der Waals surface area contributed by atoms with E-state index < -0.39 is 12.1 Å². The Kier molecular flexibility index (Phi) is 5.21. The number of carbonyl (C=O) groups is 2. The van der Waals surface area contributed by atoms with Gasteiger partial charge in [-0.2, -0.15) is 0 Å². The molecule has 0 spiro atoms. The number of aliphatic hydroxyl groups excluding tert-OH is 1. The summed E-state index contributed by atoms with van der Waals surface area (Å²) in [6.07, 6.45) is 0.0264. The molecule has 0 aliphatic carbocycles. The molecule has 0 aliphatic heterocycles. The monoisotopic (exact) mass is 257 g/mol. The van der Waals surface area contributed by atoms with Gasteiger partial charge in [0, 0.05) is 19.5 Å². The molecule has 0 fully saturated rings. The van der Waals surface area contributed by atoms with Crippen molar-refractivity contribution in [3.63, 3.8) is 0 Å². The highest BCUT2D eigenvalue weighted by Crippen LogP contribution is 1.92. The molecule has 0 unspecified atom stereocenters. The molecule has 9 heteroatoms. The smallest absolute Gasteiger partial charge is 0.332 e. The number of carboxylic acids is 1. The van der Waals surface area contributed by atoms with Gasteiger partial charge < -0.3 is 21.3 Å². The number of aromatic nitrogens is 3. The maximum absolute atomic E-state index is 11.4. The Morgan fingerprint density at radius 3 is 2.83 bits per heavy atom. The Labute approximate surface area is 103 Å². The second-order valence-corrected chi connectivity index (χ2v) is 3.60. The van der Waals surface area contributed by atoms with Crippen molar-refractivity contribution in [3.05, 3.63) is 11.9 Å². The summed E-state index contributed by atoms with van der Waals surface area (Å²) in [5.41, 5.74) is 5.91. The normalized spacial score (nSPS) is 12.1. The van der Waals surface area contributed by atoms with Gasteiger partial charge in [-0.1, -0.05) is 5.21 Å². The number of nitrogens with one attached hydrogen (secondary N) is 1. The molecule has 5 N–H and O–H groups in total. The van der Waals surface area contributed by atoms with Crippen molar-refractivity contribution < 1.29 is 19.8 Å². The second kappa shape index (κ2) is 6.67. The lowest BCUT2D eigenvalue weighted by Crippen LogP contribution is -2.32. The number of aliphatic hydroxyl groups is 1. The summed E-state index contributed by atoms with van der Waals surface area (Å²) >= 11 is 0. The maximum Gasteiger partial charge on any atom is 0.332 e. The predicted molar refractivity (Wildman–Crippen MR) is 59.2 cm³/mol. The standard InChI is InChI=1S/C9H15N5O4/c10-3-6-4-14(13-12-6)5-8(16)11-2-1-7(15)9(17)18/h4,7,15H,1-3,5,10H2,(H,11,16)(H,17,18)/t7-/m0/s1. The fourth-order valence-electron chi connectivity index (χ4n) is 1.18. The summed E-state index contributed by atoms with van der Waals surface area (Å²) in [5.74, 6) is -1.66. The first-order valence-corrected chi connectivity index (χ1v) is 5.29. The zero-order valence-electron chi connectivity index (χ0n) is 9.61. The minimum atomic E-state index is -1.47. The van der Waals surface area contributed by atoms with Gasteiger partial charge in [-0.05, 0) is 0 Å². The molecule has 0 aromatic carbocycles. The fraction of sp³-hybridized carbons (Fsp3) is 0.556. The Bertz CT molecular complexity index is 419. The van der Waals surface area contributed by atoms with E-state index >= 15 is 0 Å². The van der Waals surface area contributed by atoms with E-state index in [1.165, 1.54) is 4.68 Å². The van der Waals surface area contributed by atoms with Crippen LogP contribution in [0, 0.1) is 0 Å². The van der Waals surface area contributed by atoms with Crippen LogP contribution in [0.1, 0.15) is 12.1 Å². The number of nitrogens with two attached hydrogens (primary N) is 1. The molecule has 0 radical (unpaired) electrons. The van der Waals surface area contributed by atoms with E-state index in [2.05, 4.69) is 15.6 Å². The number of carboxylic acid groups (broad SMARTS) is 1. The lowest BCUT2D eigenvalue weighted by molar-refractivity contribution is -0.147. The Balaban J connectivity index is 2.27. The Hall–Kier alpha value is -2.00. The predicted octanol–water partition coefficient (Wildman–Crippen LogP) is -2.31. The fourth-order valence-corrected chi connectivity index (χ4v) is 1.18. The number of rotatable bonds is 7. The number of aliphatic carboxylic acids is 1. The van der Waals surface area contributed by atoms with E-state index in [1.807, 2.05) is 0 Å². The number of carbonyl (C=O) groups excluding carboxylic acids is 1. The lowest BCUT2D eigenvalue weighted by Gasteiger charge is -2.07. The van der Waals surface area contributed by atoms with Crippen molar-refractivity contribution in [1.29, 1.82) is 0 Å². The highest BCUT2D eigenvalue weighted by molar-refractivity contribution is 5.76. The summed E-state index contributed by atoms with van der Waals surface area (Å²) in [5, 5.41) is 27.2. The van der Waals surface area contributed by atoms with Gasteiger partial charge in [0.2, 0.25) is 5.91 Å². The summed E-state index contributed by atoms with van der Waals surface area (Å²) in [4.78, 5) is 21.7. The van der Waals surface area contributed by atoms with E-state index in [9.17, 15) is 9.59 Å². The van der Waals surface area contributed by atoms with Gasteiger partial charge >= 0.3 is 5.97 Å². The minimum Gasteiger partial charge on any atom is -0.479 e. The van der Waals surface area contributed by atoms with Gasteiger partial charge in [-0.25, -0.2) is 9.48 Å². The Morgan fingerprint density at radius 1 is 1.56 bits per heavy atom. The quantitative estimate of drug-likeness (QED) is 0.429. The molecular formula is C9H15N5O4. The van der Waals surface area contributed by atoms with Crippen LogP contribution in [0.2, 0.25) is 0 Å². The van der Waals surface area contributed by atoms with Gasteiger partial charge in [-0.15, -0.1) is 5.10 Å². The molecular weight excluding hydrogens is 242 g/mol. The molecule has 0 bridgehead atoms. The third kappa shape index (κ3) is 4.47. The van der Waals surface area contributed by atoms with Crippen molar-refractivity contribution in [1.82, 2.24) is 20.3 Å². The van der Waals surface area contributed by atoms with Crippen LogP contribution in [-0.2, 0) is 22.7 Å². The largest absolute Gasteiger partial charge is 0.479 e. The molecule has 1 amide bonds. The van der Waals surface area contributed by atoms with Crippen LogP contribution in [0.5, 0.6) is 0 Å². The first-order chi connectivity index (χ1) is 8.52. The molecule has 0 saturated heterocycles. The number of nitrogens with zero attached hydrogens (tertiary/aromatic N) is 3. The Morgan fingerprint density at radius 2 is 2.28 bits per heavy atom. The van der Waals surface area contributed by atoms with Gasteiger partial charge in [-0.3, -0.25) is 4.79 Å². The van der Waals surface area contributed by atoms with E-state index in [0.29, 0.717) is 5.69 Å². The van der Waals surface area contributed by atoms with Crippen LogP contribution in [0.25, 0.3) is 0 Å². The third-order valence-corrected chi connectivity index (χ3v) is 2.13. The molecule has 1 aromatic heterocycles. The zero-order valence-corrected chi connectivity index (χ0v) is 9.61. The summed E-state index contributed by atoms with van der Waals surface area (Å²) in [6, 6.07) is 0. The van der Waals surface area contributed by atoms with E-state index in [4.69, 9.17) is 15.9 Å². The first kappa shape index (κ1) is 14.1. The van der Waals surface area contributed by atoms with E-state index in [0.717, 1.165) is 0 Å². The minimum absolute atomic E-state index is 0.0316. The number of hydrogen-bond acceptors (Lipinski definition) is 6. The summed E-state index contributed by atoms with van der Waals surface area (Å²) in [7, 11) is 0. The van der Waals surface area contributed by atoms with Gasteiger partial charge in [0.15, 0.2) is 6.10 Å². The highest BCUT2D eigenvalue weighted by Gasteiger charge is 2.13. The van der Waals surface area contributed by atoms with E-state index in [1.54, 1.807) is 6.20 Å². The molecule has 1 aromatic rings. The average molecular weight is 257 g/mol. The van der Waals surface area contributed by atoms with Gasteiger partial charge in [0.1, 0.15) is 6.54 Å². The van der Waals surface area contributed by atoms with Crippen LogP contribution < -0.4 is 11.1 Å². The third-order valence-electron chi connectivity index (χ3n) is 2.13. The van der Waals surface area contributed by atoms with Crippen LogP contribution in [0.3, 0.4) is 0 Å². The highest BCUT2D eigenvalue weighted by atomic mass is 16.4. The zero-order chi connectivity index (χ0) is 13.5. The van der Waals surface area contributed by atoms with Crippen molar-refractivity contribution in [2.45, 2.75) is 25.6 Å². The maximum atomic E-state index is 11.4. The van der Waals surface area contributed by atoms with Crippen molar-refractivity contribution in [2.24, 2.45) is 5.73 Å². The molecule has 0 aliphatic rings. The van der Waals surface area contributed by atoms with Crippen molar-refractivity contribution in [2.75, 3.05) is 6.54 Å². The van der Waals surface area contributed by atoms with Crippen molar-refractivity contribution >= 4 is 11.9 Å². The molecule has 1 rings (SSSR count). The molecule has 18 heavy (non-hydrogen) atoms. The van der Waals surface area contributed by atoms with Gasteiger partial charge in [0.25, 0.3) is 0 Å². The van der Waals surface area contributed by atoms with E-state index in [-0.39, 0.29) is 32.0 Å². The SMILES string of the molecule is NCc1cn(CC(=O)NCC[C@H](O)C(=O)O)nn1. The summed E-state index contributed by atoms with van der Waals surface area (Å²) < 4.78 is 1.32. The van der Waals surface area contributed by atoms with Gasteiger partial charge in [0.05, 0.1) is 11.9 Å². The number of hydrogen-bond donors (Lipinski definition) is 4. The molecule has 1 atom stereocenters. The first-order valence-electron chi connectivity index (χ1n) is 5.29. The second-order valence-electron chi connectivity index (χ2n) is 3.60. The van der Waals surface area contributed by atoms with Crippen LogP contribution in [-0.4, -0.2) is 49.7 Å². The van der Waals surface area contributed by atoms with Crippen LogP contribution >= 0.6 is 0 Å². The molecule has 9 nitrogen and oxygen atoms in total. The van der Waals surface area contributed by atoms with Crippen LogP contribution in [0.4, 0.5) is 0 Å². The lowest BCUT2D eigenvalue weighted by atomic mass is 10.2. The van der Waals surface area contributed by atoms with Crippen LogP contribution in [0.15, 0.2) is 6.20 Å². The molecule has 1 heterocycles. The molecule has 0 saturated carbocycles. The van der Waals surface area contributed by atoms with Crippen molar-refractivity contribution in [3.8, 4) is 0 Å². The summed E-state index contributed by atoms with van der Waals surface area (Å²) in [6.45, 7) is 0.285. The number of amides is 1. The topological polar surface area (TPSA) is 143 Å².